The maximum atomic E-state index is 6.23. The first-order chi connectivity index (χ1) is 13.2. The molecule has 1 saturated heterocycles. The molecule has 0 bridgehead atoms. The van der Waals surface area contributed by atoms with Crippen LogP contribution in [-0.2, 0) is 0 Å². The summed E-state index contributed by atoms with van der Waals surface area (Å²) in [6, 6.07) is 15.6. The molecule has 3 aromatic rings. The Morgan fingerprint density at radius 1 is 1.15 bits per heavy atom. The molecule has 0 aliphatic carbocycles. The van der Waals surface area contributed by atoms with Gasteiger partial charge in [0.05, 0.1) is 22.1 Å². The summed E-state index contributed by atoms with van der Waals surface area (Å²) >= 11 is 13.5. The fourth-order valence-corrected chi connectivity index (χ4v) is 4.98. The lowest BCUT2D eigenvalue weighted by Crippen LogP contribution is -2.29. The molecular weight excluding hydrogens is 402 g/mol. The van der Waals surface area contributed by atoms with E-state index < -0.39 is 0 Å². The van der Waals surface area contributed by atoms with Gasteiger partial charge in [0.15, 0.2) is 16.6 Å². The second-order valence-corrected chi connectivity index (χ2v) is 8.31. The number of thiophene rings is 1. The second-order valence-electron chi connectivity index (χ2n) is 6.18. The molecule has 4 heterocycles. The number of anilines is 1. The van der Waals surface area contributed by atoms with Crippen molar-refractivity contribution in [2.45, 2.75) is 12.1 Å². The van der Waals surface area contributed by atoms with Crippen LogP contribution in [0.3, 0.4) is 0 Å². The van der Waals surface area contributed by atoms with Crippen LogP contribution in [0.2, 0.25) is 4.34 Å². The summed E-state index contributed by atoms with van der Waals surface area (Å²) in [6.45, 7) is 0.238. The Bertz CT molecular complexity index is 1010. The number of hydrogen-bond donors (Lipinski definition) is 1. The summed E-state index contributed by atoms with van der Waals surface area (Å²) in [5.41, 5.74) is 1.86. The van der Waals surface area contributed by atoms with Gasteiger partial charge < -0.3 is 19.7 Å². The summed E-state index contributed by atoms with van der Waals surface area (Å²) in [5.74, 6) is 1.47. The first-order valence-electron chi connectivity index (χ1n) is 8.36. The molecule has 2 atom stereocenters. The lowest BCUT2D eigenvalue weighted by Gasteiger charge is -2.27. The number of fused-ring (bicyclic) bond motifs is 1. The summed E-state index contributed by atoms with van der Waals surface area (Å²) in [6.07, 6.45) is 1.79. The van der Waals surface area contributed by atoms with Crippen molar-refractivity contribution in [2.75, 3.05) is 11.7 Å². The van der Waals surface area contributed by atoms with Crippen LogP contribution in [0.5, 0.6) is 11.5 Å². The molecule has 5 rings (SSSR count). The van der Waals surface area contributed by atoms with E-state index in [0.717, 1.165) is 32.1 Å². The number of benzene rings is 1. The van der Waals surface area contributed by atoms with E-state index in [1.165, 1.54) is 0 Å². The number of halogens is 1. The minimum Gasteiger partial charge on any atom is -0.454 e. The standard InChI is InChI=1S/C19H14ClN3O2S2/c20-16-7-6-15(27-16)18-17(12-3-1-2-8-21-12)22-19(26)23(18)11-4-5-13-14(9-11)25-10-24-13/h1-9,17-18H,10H2,(H,22,26)/t17-,18-/m0/s1. The van der Waals surface area contributed by atoms with Crippen LogP contribution in [0, 0.1) is 0 Å². The topological polar surface area (TPSA) is 46.6 Å². The van der Waals surface area contributed by atoms with Crippen LogP contribution in [0.4, 0.5) is 5.69 Å². The largest absolute Gasteiger partial charge is 0.454 e. The monoisotopic (exact) mass is 415 g/mol. The highest BCUT2D eigenvalue weighted by Crippen LogP contribution is 2.46. The van der Waals surface area contributed by atoms with Crippen LogP contribution in [0.15, 0.2) is 54.7 Å². The third-order valence-corrected chi connectivity index (χ3v) is 6.23. The minimum atomic E-state index is -0.0844. The Morgan fingerprint density at radius 2 is 2.04 bits per heavy atom. The van der Waals surface area contributed by atoms with E-state index >= 15 is 0 Å². The molecule has 1 aromatic carbocycles. The number of rotatable bonds is 3. The number of nitrogens with one attached hydrogen (secondary N) is 1. The van der Waals surface area contributed by atoms with Crippen molar-refractivity contribution in [3.8, 4) is 11.5 Å². The number of aromatic nitrogens is 1. The normalized spacial score (nSPS) is 20.8. The van der Waals surface area contributed by atoms with Crippen molar-refractivity contribution in [2.24, 2.45) is 0 Å². The molecule has 27 heavy (non-hydrogen) atoms. The molecule has 0 unspecified atom stereocenters. The van der Waals surface area contributed by atoms with Gasteiger partial charge in [0.2, 0.25) is 6.79 Å². The molecule has 2 aliphatic rings. The van der Waals surface area contributed by atoms with Crippen LogP contribution in [0.1, 0.15) is 22.7 Å². The van der Waals surface area contributed by atoms with Gasteiger partial charge in [-0.05, 0) is 48.6 Å². The Labute approximate surface area is 170 Å². The molecule has 8 heteroatoms. The Balaban J connectivity index is 1.61. The number of ether oxygens (including phenoxy) is 2. The van der Waals surface area contributed by atoms with E-state index in [-0.39, 0.29) is 18.9 Å². The van der Waals surface area contributed by atoms with Gasteiger partial charge >= 0.3 is 0 Å². The van der Waals surface area contributed by atoms with Crippen molar-refractivity contribution in [3.05, 3.63) is 69.6 Å². The van der Waals surface area contributed by atoms with E-state index in [1.807, 2.05) is 48.5 Å². The SMILES string of the molecule is S=C1N[C@@H](c2ccccn2)[C@H](c2ccc(Cl)s2)N1c1ccc2c(c1)OCO2. The summed E-state index contributed by atoms with van der Waals surface area (Å²) in [5, 5.41) is 4.07. The predicted octanol–water partition coefficient (Wildman–Crippen LogP) is 4.70. The van der Waals surface area contributed by atoms with Crippen LogP contribution < -0.4 is 19.7 Å². The van der Waals surface area contributed by atoms with E-state index in [2.05, 4.69) is 15.2 Å². The van der Waals surface area contributed by atoms with Crippen molar-refractivity contribution in [1.29, 1.82) is 0 Å². The molecular formula is C19H14ClN3O2S2. The molecule has 2 aromatic heterocycles. The van der Waals surface area contributed by atoms with Crippen molar-refractivity contribution < 1.29 is 9.47 Å². The van der Waals surface area contributed by atoms with Crippen molar-refractivity contribution in [1.82, 2.24) is 10.3 Å². The Morgan fingerprint density at radius 3 is 2.81 bits per heavy atom. The maximum absolute atomic E-state index is 6.23. The van der Waals surface area contributed by atoms with Crippen molar-refractivity contribution in [3.63, 3.8) is 0 Å². The molecule has 2 aliphatic heterocycles. The average Bonchev–Trinajstić information content (AvgIpc) is 3.39. The van der Waals surface area contributed by atoms with E-state index in [1.54, 1.807) is 17.5 Å². The summed E-state index contributed by atoms with van der Waals surface area (Å²) in [4.78, 5) is 7.75. The molecule has 0 saturated carbocycles. The third kappa shape index (κ3) is 2.92. The molecule has 0 spiro atoms. The number of pyridine rings is 1. The lowest BCUT2D eigenvalue weighted by molar-refractivity contribution is 0.174. The molecule has 0 amide bonds. The molecule has 5 nitrogen and oxygen atoms in total. The van der Waals surface area contributed by atoms with Crippen LogP contribution in [0.25, 0.3) is 0 Å². The summed E-state index contributed by atoms with van der Waals surface area (Å²) < 4.78 is 11.7. The summed E-state index contributed by atoms with van der Waals surface area (Å²) in [7, 11) is 0. The van der Waals surface area contributed by atoms with Crippen LogP contribution >= 0.6 is 35.2 Å². The van der Waals surface area contributed by atoms with E-state index in [0.29, 0.717) is 5.11 Å². The predicted molar refractivity (Wildman–Crippen MR) is 110 cm³/mol. The minimum absolute atomic E-state index is 0.0646. The van der Waals surface area contributed by atoms with Gasteiger partial charge in [0, 0.05) is 22.8 Å². The Kier molecular flexibility index (Phi) is 4.15. The highest BCUT2D eigenvalue weighted by atomic mass is 35.5. The molecule has 1 fully saturated rings. The molecule has 0 radical (unpaired) electrons. The zero-order chi connectivity index (χ0) is 18.4. The number of hydrogen-bond acceptors (Lipinski definition) is 5. The first kappa shape index (κ1) is 16.8. The maximum Gasteiger partial charge on any atom is 0.231 e. The zero-order valence-electron chi connectivity index (χ0n) is 14.0. The van der Waals surface area contributed by atoms with Gasteiger partial charge in [-0.25, -0.2) is 0 Å². The highest BCUT2D eigenvalue weighted by molar-refractivity contribution is 7.80. The van der Waals surface area contributed by atoms with Gasteiger partial charge in [-0.2, -0.15) is 0 Å². The highest BCUT2D eigenvalue weighted by Gasteiger charge is 2.41. The van der Waals surface area contributed by atoms with E-state index in [4.69, 9.17) is 33.3 Å². The number of nitrogens with zero attached hydrogens (tertiary/aromatic N) is 2. The lowest BCUT2D eigenvalue weighted by atomic mass is 10.0. The van der Waals surface area contributed by atoms with Gasteiger partial charge in [0.25, 0.3) is 0 Å². The average molecular weight is 416 g/mol. The van der Waals surface area contributed by atoms with Crippen molar-refractivity contribution >= 4 is 46.0 Å². The van der Waals surface area contributed by atoms with Gasteiger partial charge in [0.1, 0.15) is 0 Å². The van der Waals surface area contributed by atoms with E-state index in [9.17, 15) is 0 Å². The van der Waals surface area contributed by atoms with Crippen LogP contribution in [-0.4, -0.2) is 16.9 Å². The Hall–Kier alpha value is -2.35. The third-order valence-electron chi connectivity index (χ3n) is 4.62. The fourth-order valence-electron chi connectivity index (χ4n) is 3.44. The molecule has 1 N–H and O–H groups in total. The molecule has 136 valence electrons. The second kappa shape index (κ2) is 6.67. The zero-order valence-corrected chi connectivity index (χ0v) is 16.4. The smallest absolute Gasteiger partial charge is 0.231 e. The fraction of sp³-hybridized carbons (Fsp3) is 0.158. The number of thiocarbonyl (C=S) groups is 1. The van der Waals surface area contributed by atoms with Gasteiger partial charge in [-0.1, -0.05) is 17.7 Å². The quantitative estimate of drug-likeness (QED) is 0.625. The van der Waals surface area contributed by atoms with Gasteiger partial charge in [-0.15, -0.1) is 11.3 Å². The first-order valence-corrected chi connectivity index (χ1v) is 9.96. The van der Waals surface area contributed by atoms with Gasteiger partial charge in [-0.3, -0.25) is 4.98 Å².